The first-order valence-corrected chi connectivity index (χ1v) is 14.1. The van der Waals surface area contributed by atoms with Gasteiger partial charge >= 0.3 is 0 Å². The van der Waals surface area contributed by atoms with E-state index in [9.17, 15) is 17.6 Å². The van der Waals surface area contributed by atoms with Crippen LogP contribution in [-0.4, -0.2) is 68.0 Å². The molecule has 10 heteroatoms. The van der Waals surface area contributed by atoms with Gasteiger partial charge in [0, 0.05) is 45.0 Å². The molecule has 0 aliphatic carbocycles. The molecule has 0 radical (unpaired) electrons. The Kier molecular flexibility index (Phi) is 7.99. The number of sulfonamides is 1. The highest BCUT2D eigenvalue weighted by molar-refractivity contribution is 7.89. The lowest BCUT2D eigenvalue weighted by Gasteiger charge is -2.33. The fourth-order valence-electron chi connectivity index (χ4n) is 4.39. The summed E-state index contributed by atoms with van der Waals surface area (Å²) in [7, 11) is -2.06. The number of carbonyl (C=O) groups is 1. The van der Waals surface area contributed by atoms with Crippen molar-refractivity contribution >= 4 is 22.1 Å². The molecule has 40 heavy (non-hydrogen) atoms. The number of amides is 1. The second-order valence-electron chi connectivity index (χ2n) is 9.14. The number of piperazine rings is 1. The van der Waals surface area contributed by atoms with Gasteiger partial charge in [0.2, 0.25) is 10.0 Å². The van der Waals surface area contributed by atoms with Gasteiger partial charge in [0.25, 0.3) is 5.91 Å². The molecule has 0 atom stereocenters. The number of rotatable bonds is 7. The molecule has 0 N–H and O–H groups in total. The van der Waals surface area contributed by atoms with Crippen LogP contribution in [0.5, 0.6) is 11.5 Å². The lowest BCUT2D eigenvalue weighted by Crippen LogP contribution is -2.50. The Hall–Kier alpha value is -4.41. The molecule has 0 bridgehead atoms. The normalized spacial score (nSPS) is 14.4. The highest BCUT2D eigenvalue weighted by atomic mass is 32.2. The van der Waals surface area contributed by atoms with Crippen molar-refractivity contribution in [1.82, 2.24) is 14.2 Å². The second-order valence-corrected chi connectivity index (χ2v) is 11.1. The zero-order valence-corrected chi connectivity index (χ0v) is 22.6. The van der Waals surface area contributed by atoms with E-state index in [1.165, 1.54) is 16.4 Å². The van der Waals surface area contributed by atoms with Crippen LogP contribution in [0.25, 0.3) is 11.3 Å². The van der Waals surface area contributed by atoms with Gasteiger partial charge in [-0.2, -0.15) is 4.31 Å². The number of hydrogen-bond donors (Lipinski definition) is 0. The summed E-state index contributed by atoms with van der Waals surface area (Å²) < 4.78 is 46.6. The molecule has 1 amide bonds. The number of pyridine rings is 1. The Morgan fingerprint density at radius 1 is 0.900 bits per heavy atom. The molecule has 3 aromatic carbocycles. The fraction of sp³-hybridized carbons (Fsp3) is 0.167. The Morgan fingerprint density at radius 3 is 2.23 bits per heavy atom. The molecule has 1 saturated heterocycles. The molecule has 0 saturated carbocycles. The maximum Gasteiger partial charge on any atom is 0.272 e. The van der Waals surface area contributed by atoms with Crippen molar-refractivity contribution in [3.8, 4) is 22.8 Å². The van der Waals surface area contributed by atoms with Crippen molar-refractivity contribution in [3.05, 3.63) is 108 Å². The van der Waals surface area contributed by atoms with Crippen LogP contribution in [0.4, 0.5) is 4.39 Å². The smallest absolute Gasteiger partial charge is 0.272 e. The monoisotopic (exact) mass is 558 g/mol. The van der Waals surface area contributed by atoms with E-state index in [0.29, 0.717) is 22.8 Å². The van der Waals surface area contributed by atoms with Gasteiger partial charge in [-0.3, -0.25) is 9.79 Å². The number of ether oxygens (including phenoxy) is 1. The van der Waals surface area contributed by atoms with E-state index in [-0.39, 0.29) is 48.5 Å². The molecule has 1 fully saturated rings. The standard InChI is InChI=1S/C30H27FN4O4S/c1-32-21-22-4-2-5-27(20-22)40(37,38)35-18-16-34(17-19-35)30(36)29-7-3-6-28(33-29)23-8-12-25(13-9-23)39-26-14-10-24(31)11-15-26/h2-15,20-21H,16-19H2,1H3/b32-21+. The zero-order valence-electron chi connectivity index (χ0n) is 21.8. The third-order valence-electron chi connectivity index (χ3n) is 6.47. The first kappa shape index (κ1) is 27.2. The fourth-order valence-corrected chi connectivity index (χ4v) is 5.87. The Balaban J connectivity index is 1.23. The van der Waals surface area contributed by atoms with E-state index >= 15 is 0 Å². The SMILES string of the molecule is C/N=C/c1cccc(S(=O)(=O)N2CCN(C(=O)c3cccc(-c4ccc(Oc5ccc(F)cc5)cc4)n3)CC2)c1. The minimum atomic E-state index is -3.69. The first-order valence-electron chi connectivity index (χ1n) is 12.7. The highest BCUT2D eigenvalue weighted by Gasteiger charge is 2.31. The summed E-state index contributed by atoms with van der Waals surface area (Å²) in [5.41, 5.74) is 2.41. The Labute approximate surface area is 232 Å². The van der Waals surface area contributed by atoms with E-state index in [0.717, 1.165) is 5.56 Å². The van der Waals surface area contributed by atoms with Gasteiger partial charge in [0.15, 0.2) is 0 Å². The van der Waals surface area contributed by atoms with Gasteiger partial charge in [-0.1, -0.05) is 18.2 Å². The van der Waals surface area contributed by atoms with E-state index in [1.54, 1.807) is 78.8 Å². The van der Waals surface area contributed by atoms with Crippen LogP contribution in [0.2, 0.25) is 0 Å². The van der Waals surface area contributed by atoms with Crippen molar-refractivity contribution < 1.29 is 22.3 Å². The van der Waals surface area contributed by atoms with Crippen molar-refractivity contribution in [2.75, 3.05) is 33.2 Å². The molecular formula is C30H27FN4O4S. The maximum absolute atomic E-state index is 13.2. The van der Waals surface area contributed by atoms with Gasteiger partial charge in [-0.05, 0) is 78.4 Å². The van der Waals surface area contributed by atoms with Crippen LogP contribution >= 0.6 is 0 Å². The number of aliphatic imine (C=N–C) groups is 1. The number of halogens is 1. The van der Waals surface area contributed by atoms with Gasteiger partial charge in [-0.25, -0.2) is 17.8 Å². The molecule has 0 spiro atoms. The zero-order chi connectivity index (χ0) is 28.1. The number of aromatic nitrogens is 1. The molecule has 8 nitrogen and oxygen atoms in total. The van der Waals surface area contributed by atoms with Crippen molar-refractivity contribution in [2.45, 2.75) is 4.90 Å². The summed E-state index contributed by atoms with van der Waals surface area (Å²) in [5.74, 6) is 0.517. The molecule has 1 aliphatic heterocycles. The number of nitrogens with zero attached hydrogens (tertiary/aromatic N) is 4. The maximum atomic E-state index is 13.2. The molecule has 0 unspecified atom stereocenters. The third-order valence-corrected chi connectivity index (χ3v) is 8.36. The minimum absolute atomic E-state index is 0.190. The average molecular weight is 559 g/mol. The van der Waals surface area contributed by atoms with Gasteiger partial charge in [0.05, 0.1) is 10.6 Å². The summed E-state index contributed by atoms with van der Waals surface area (Å²) in [5, 5.41) is 0. The molecular weight excluding hydrogens is 531 g/mol. The lowest BCUT2D eigenvalue weighted by molar-refractivity contribution is 0.0692. The first-order chi connectivity index (χ1) is 19.3. The highest BCUT2D eigenvalue weighted by Crippen LogP contribution is 2.26. The Morgan fingerprint density at radius 2 is 1.55 bits per heavy atom. The minimum Gasteiger partial charge on any atom is -0.457 e. The van der Waals surface area contributed by atoms with Crippen molar-refractivity contribution in [1.29, 1.82) is 0 Å². The number of benzene rings is 3. The molecule has 2 heterocycles. The van der Waals surface area contributed by atoms with Crippen LogP contribution in [0.1, 0.15) is 16.1 Å². The predicted molar refractivity (Wildman–Crippen MR) is 151 cm³/mol. The Bertz CT molecular complexity index is 1630. The number of carbonyl (C=O) groups excluding carboxylic acids is 1. The van der Waals surface area contributed by atoms with Crippen LogP contribution in [0.15, 0.2) is 101 Å². The topological polar surface area (TPSA) is 92.2 Å². The van der Waals surface area contributed by atoms with Crippen LogP contribution in [0, 0.1) is 5.82 Å². The van der Waals surface area contributed by atoms with Crippen LogP contribution in [-0.2, 0) is 10.0 Å². The quantitative estimate of drug-likeness (QED) is 0.302. The molecule has 5 rings (SSSR count). The van der Waals surface area contributed by atoms with E-state index in [2.05, 4.69) is 9.98 Å². The average Bonchev–Trinajstić information content (AvgIpc) is 2.99. The summed E-state index contributed by atoms with van der Waals surface area (Å²) in [4.78, 5) is 23.6. The lowest BCUT2D eigenvalue weighted by atomic mass is 10.1. The molecule has 1 aromatic heterocycles. The second kappa shape index (κ2) is 11.8. The van der Waals surface area contributed by atoms with Gasteiger partial charge in [0.1, 0.15) is 23.0 Å². The molecule has 1 aliphatic rings. The third kappa shape index (κ3) is 6.08. The largest absolute Gasteiger partial charge is 0.457 e. The van der Waals surface area contributed by atoms with Gasteiger partial charge in [-0.15, -0.1) is 0 Å². The summed E-state index contributed by atoms with van der Waals surface area (Å²) in [6.07, 6.45) is 1.60. The van der Waals surface area contributed by atoms with Crippen LogP contribution in [0.3, 0.4) is 0 Å². The number of hydrogen-bond acceptors (Lipinski definition) is 6. The van der Waals surface area contributed by atoms with E-state index in [4.69, 9.17) is 4.74 Å². The summed E-state index contributed by atoms with van der Waals surface area (Å²) in [6.45, 7) is 0.899. The van der Waals surface area contributed by atoms with Crippen LogP contribution < -0.4 is 4.74 Å². The molecule has 204 valence electrons. The summed E-state index contributed by atoms with van der Waals surface area (Å²) in [6, 6.07) is 24.9. The van der Waals surface area contributed by atoms with Gasteiger partial charge < -0.3 is 9.64 Å². The van der Waals surface area contributed by atoms with E-state index < -0.39 is 10.0 Å². The van der Waals surface area contributed by atoms with Crippen molar-refractivity contribution in [2.24, 2.45) is 4.99 Å². The predicted octanol–water partition coefficient (Wildman–Crippen LogP) is 4.88. The van der Waals surface area contributed by atoms with Crippen molar-refractivity contribution in [3.63, 3.8) is 0 Å². The molecule has 4 aromatic rings. The van der Waals surface area contributed by atoms with E-state index in [1.807, 2.05) is 18.2 Å². The summed E-state index contributed by atoms with van der Waals surface area (Å²) >= 11 is 0.